The van der Waals surface area contributed by atoms with E-state index in [1.807, 2.05) is 12.1 Å². The Labute approximate surface area is 200 Å². The van der Waals surface area contributed by atoms with Crippen LogP contribution in [0.2, 0.25) is 0 Å². The molecule has 2 fully saturated rings. The first kappa shape index (κ1) is 24.0. The highest BCUT2D eigenvalue weighted by Crippen LogP contribution is 2.29. The average molecular weight is 485 g/mol. The summed E-state index contributed by atoms with van der Waals surface area (Å²) in [4.78, 5) is 17.3. The molecule has 2 saturated heterocycles. The summed E-state index contributed by atoms with van der Waals surface area (Å²) in [5.74, 6) is 0.00802. The third kappa shape index (κ3) is 5.01. The van der Waals surface area contributed by atoms with Crippen LogP contribution < -0.4 is 9.64 Å². The first-order valence-electron chi connectivity index (χ1n) is 11.2. The second-order valence-corrected chi connectivity index (χ2v) is 10.1. The van der Waals surface area contributed by atoms with Crippen molar-refractivity contribution < 1.29 is 22.7 Å². The zero-order valence-corrected chi connectivity index (χ0v) is 20.0. The van der Waals surface area contributed by atoms with Crippen molar-refractivity contribution in [2.24, 2.45) is 0 Å². The monoisotopic (exact) mass is 484 g/mol. The van der Waals surface area contributed by atoms with Crippen molar-refractivity contribution in [3.63, 3.8) is 0 Å². The predicted molar refractivity (Wildman–Crippen MR) is 126 cm³/mol. The van der Waals surface area contributed by atoms with Crippen LogP contribution in [0.3, 0.4) is 0 Å². The van der Waals surface area contributed by atoms with E-state index in [-0.39, 0.29) is 29.6 Å². The molecule has 0 atom stereocenters. The van der Waals surface area contributed by atoms with Gasteiger partial charge in [-0.15, -0.1) is 0 Å². The highest BCUT2D eigenvalue weighted by Gasteiger charge is 2.31. The fourth-order valence-electron chi connectivity index (χ4n) is 4.25. The number of methoxy groups -OCH3 is 1. The Hall–Kier alpha value is -3.13. The maximum atomic E-state index is 13.3. The fourth-order valence-corrected chi connectivity index (χ4v) is 5.83. The van der Waals surface area contributed by atoms with Gasteiger partial charge in [-0.2, -0.15) is 9.57 Å². The van der Waals surface area contributed by atoms with E-state index in [4.69, 9.17) is 14.7 Å². The van der Waals surface area contributed by atoms with Crippen LogP contribution in [-0.4, -0.2) is 83.1 Å². The van der Waals surface area contributed by atoms with E-state index in [0.29, 0.717) is 44.0 Å². The third-order valence-corrected chi connectivity index (χ3v) is 8.06. The van der Waals surface area contributed by atoms with E-state index >= 15 is 0 Å². The number of hydrogen-bond donors (Lipinski definition) is 0. The Morgan fingerprint density at radius 3 is 2.41 bits per heavy atom. The molecule has 0 unspecified atom stereocenters. The number of carbonyl (C=O) groups is 1. The Kier molecular flexibility index (Phi) is 7.36. The lowest BCUT2D eigenvalue weighted by Crippen LogP contribution is -2.41. The molecule has 0 spiro atoms. The Morgan fingerprint density at radius 2 is 1.74 bits per heavy atom. The minimum atomic E-state index is -3.82. The lowest BCUT2D eigenvalue weighted by molar-refractivity contribution is 0.0729. The third-order valence-electron chi connectivity index (χ3n) is 6.14. The Bertz CT molecular complexity index is 1170. The molecule has 2 aromatic carbocycles. The molecule has 2 aromatic rings. The summed E-state index contributed by atoms with van der Waals surface area (Å²) in [7, 11) is -2.40. The minimum Gasteiger partial charge on any atom is -0.495 e. The maximum absolute atomic E-state index is 13.3. The molecule has 10 heteroatoms. The van der Waals surface area contributed by atoms with Crippen LogP contribution in [0, 0.1) is 11.3 Å². The molecule has 0 radical (unpaired) electrons. The number of rotatable bonds is 5. The van der Waals surface area contributed by atoms with Crippen LogP contribution in [0.4, 0.5) is 5.69 Å². The van der Waals surface area contributed by atoms with Crippen LogP contribution in [0.1, 0.15) is 22.3 Å². The van der Waals surface area contributed by atoms with E-state index in [1.165, 1.54) is 17.5 Å². The molecule has 2 heterocycles. The van der Waals surface area contributed by atoms with Crippen LogP contribution in [0.25, 0.3) is 0 Å². The summed E-state index contributed by atoms with van der Waals surface area (Å²) in [6.45, 7) is 3.72. The van der Waals surface area contributed by atoms with Gasteiger partial charge in [0.15, 0.2) is 0 Å². The first-order chi connectivity index (χ1) is 16.4. The number of carbonyl (C=O) groups excluding carboxylic acids is 1. The van der Waals surface area contributed by atoms with Gasteiger partial charge >= 0.3 is 0 Å². The van der Waals surface area contributed by atoms with Crippen LogP contribution in [0.5, 0.6) is 5.75 Å². The van der Waals surface area contributed by atoms with Gasteiger partial charge in [-0.25, -0.2) is 8.42 Å². The SMILES string of the molecule is COc1ccc(C(=O)N2CCCN(c3ccc(C#N)cc3)CC2)cc1S(=O)(=O)N1CCOCC1. The molecule has 0 N–H and O–H groups in total. The van der Waals surface area contributed by atoms with E-state index in [1.54, 1.807) is 29.2 Å². The standard InChI is InChI=1S/C24H28N4O5S/c1-32-22-8-5-20(17-23(22)34(30,31)28-13-15-33-16-14-28)24(29)27-10-2-9-26(11-12-27)21-6-3-19(18-25)4-7-21/h3-8,17H,2,9-16H2,1H3. The number of nitriles is 1. The van der Waals surface area contributed by atoms with Crippen molar-refractivity contribution in [1.29, 1.82) is 5.26 Å². The molecule has 34 heavy (non-hydrogen) atoms. The number of morpholine rings is 1. The van der Waals surface area contributed by atoms with Crippen molar-refractivity contribution in [3.8, 4) is 11.8 Å². The van der Waals surface area contributed by atoms with E-state index in [2.05, 4.69) is 11.0 Å². The van der Waals surface area contributed by atoms with Crippen molar-refractivity contribution in [1.82, 2.24) is 9.21 Å². The smallest absolute Gasteiger partial charge is 0.253 e. The van der Waals surface area contributed by atoms with Crippen molar-refractivity contribution in [3.05, 3.63) is 53.6 Å². The highest BCUT2D eigenvalue weighted by molar-refractivity contribution is 7.89. The molecule has 9 nitrogen and oxygen atoms in total. The van der Waals surface area contributed by atoms with E-state index in [0.717, 1.165) is 18.7 Å². The number of hydrogen-bond acceptors (Lipinski definition) is 7. The van der Waals surface area contributed by atoms with Gasteiger partial charge in [0, 0.05) is 50.5 Å². The predicted octanol–water partition coefficient (Wildman–Crippen LogP) is 1.94. The second-order valence-electron chi connectivity index (χ2n) is 8.17. The first-order valence-corrected chi connectivity index (χ1v) is 12.7. The van der Waals surface area contributed by atoms with Gasteiger partial charge in [-0.05, 0) is 48.9 Å². The summed E-state index contributed by atoms with van der Waals surface area (Å²) < 4.78 is 38.5. The van der Waals surface area contributed by atoms with E-state index < -0.39 is 10.0 Å². The normalized spacial score (nSPS) is 17.6. The number of sulfonamides is 1. The zero-order chi connectivity index (χ0) is 24.1. The molecule has 0 aromatic heterocycles. The van der Waals surface area contributed by atoms with Crippen LogP contribution >= 0.6 is 0 Å². The molecule has 4 rings (SSSR count). The molecular weight excluding hydrogens is 456 g/mol. The van der Waals surface area contributed by atoms with Gasteiger partial charge in [0.05, 0.1) is 32.0 Å². The lowest BCUT2D eigenvalue weighted by atomic mass is 10.2. The molecule has 0 bridgehead atoms. The van der Waals surface area contributed by atoms with Gasteiger partial charge in [0.25, 0.3) is 5.91 Å². The van der Waals surface area contributed by atoms with Crippen LogP contribution in [0.15, 0.2) is 47.4 Å². The molecule has 0 aliphatic carbocycles. The van der Waals surface area contributed by atoms with E-state index in [9.17, 15) is 13.2 Å². The Morgan fingerprint density at radius 1 is 1.00 bits per heavy atom. The van der Waals surface area contributed by atoms with Crippen molar-refractivity contribution in [2.75, 3.05) is 64.5 Å². The summed E-state index contributed by atoms with van der Waals surface area (Å²) in [5.41, 5.74) is 1.94. The van der Waals surface area contributed by atoms with Crippen molar-refractivity contribution >= 4 is 21.6 Å². The van der Waals surface area contributed by atoms with Gasteiger partial charge in [-0.1, -0.05) is 0 Å². The van der Waals surface area contributed by atoms with Crippen molar-refractivity contribution in [2.45, 2.75) is 11.3 Å². The quantitative estimate of drug-likeness (QED) is 0.639. The topological polar surface area (TPSA) is 103 Å². The minimum absolute atomic E-state index is 0.00298. The van der Waals surface area contributed by atoms with Gasteiger partial charge < -0.3 is 19.3 Å². The molecular formula is C24H28N4O5S. The fraction of sp³-hybridized carbons (Fsp3) is 0.417. The van der Waals surface area contributed by atoms with Crippen LogP contribution in [-0.2, 0) is 14.8 Å². The number of nitrogens with zero attached hydrogens (tertiary/aromatic N) is 4. The molecule has 0 saturated carbocycles. The summed E-state index contributed by atoms with van der Waals surface area (Å²) >= 11 is 0. The summed E-state index contributed by atoms with van der Waals surface area (Å²) in [5, 5.41) is 9.00. The molecule has 1 amide bonds. The molecule has 2 aliphatic rings. The van der Waals surface area contributed by atoms with Gasteiger partial charge in [-0.3, -0.25) is 4.79 Å². The second kappa shape index (κ2) is 10.4. The number of benzene rings is 2. The largest absolute Gasteiger partial charge is 0.495 e. The van der Waals surface area contributed by atoms with Gasteiger partial charge in [0.1, 0.15) is 10.6 Å². The summed E-state index contributed by atoms with van der Waals surface area (Å²) in [6.07, 6.45) is 0.779. The average Bonchev–Trinajstić information content (AvgIpc) is 3.15. The number of ether oxygens (including phenoxy) is 2. The molecule has 2 aliphatic heterocycles. The number of amides is 1. The molecule has 180 valence electrons. The highest BCUT2D eigenvalue weighted by atomic mass is 32.2. The zero-order valence-electron chi connectivity index (χ0n) is 19.1. The van der Waals surface area contributed by atoms with Gasteiger partial charge in [0.2, 0.25) is 10.0 Å². The maximum Gasteiger partial charge on any atom is 0.253 e. The number of anilines is 1. The summed E-state index contributed by atoms with van der Waals surface area (Å²) in [6, 6.07) is 14.1. The Balaban J connectivity index is 1.52. The lowest BCUT2D eigenvalue weighted by Gasteiger charge is -2.27.